The molecule has 28 heteroatoms. The lowest BCUT2D eigenvalue weighted by Crippen LogP contribution is -2.56. The minimum atomic E-state index is -5.07. The number of allylic oxidation sites excluding steroid dienone is 6. The second-order valence-corrected chi connectivity index (χ2v) is 28.4. The highest BCUT2D eigenvalue weighted by atomic mass is 31.2. The van der Waals surface area contributed by atoms with Crippen LogP contribution in [0.15, 0.2) is 67.8 Å². The van der Waals surface area contributed by atoms with Crippen molar-refractivity contribution in [1.82, 2.24) is 20.2 Å². The number of benzene rings is 1. The first-order valence-electron chi connectivity index (χ1n) is 30.5. The van der Waals surface area contributed by atoms with E-state index >= 15 is 0 Å². The van der Waals surface area contributed by atoms with Crippen molar-refractivity contribution in [2.45, 2.75) is 189 Å². The van der Waals surface area contributed by atoms with Crippen LogP contribution >= 0.6 is 7.82 Å². The zero-order valence-electron chi connectivity index (χ0n) is 53.1. The largest absolute Gasteiger partial charge is 0.481 e. The number of aromatic nitrogens is 2. The number of aliphatic hydroxyl groups excluding tert-OH is 2. The Morgan fingerprint density at radius 2 is 1.44 bits per heavy atom. The second-order valence-electron chi connectivity index (χ2n) is 27.0. The summed E-state index contributed by atoms with van der Waals surface area (Å²) in [6, 6.07) is 2.66. The minimum Gasteiger partial charge on any atom is -0.481 e. The number of fused-ring (bicyclic) bond motifs is 7. The van der Waals surface area contributed by atoms with Crippen LogP contribution in [0.1, 0.15) is 150 Å². The molecule has 6 aliphatic heterocycles. The zero-order chi connectivity index (χ0) is 66.7. The van der Waals surface area contributed by atoms with Crippen molar-refractivity contribution in [3.63, 3.8) is 0 Å². The molecule has 2 fully saturated rings. The number of primary amides is 5. The van der Waals surface area contributed by atoms with Crippen molar-refractivity contribution in [3.8, 4) is 0 Å². The normalized spacial score (nSPS) is 32.8. The summed E-state index contributed by atoms with van der Waals surface area (Å²) in [5, 5.41) is 38.5. The topological polar surface area (TPSA) is 454 Å². The molecule has 0 saturated carbocycles. The number of rotatable bonds is 26. The Labute approximate surface area is 522 Å². The van der Waals surface area contributed by atoms with E-state index in [9.17, 15) is 58.3 Å². The number of aliphatic carboxylic acids is 1. The van der Waals surface area contributed by atoms with Crippen molar-refractivity contribution < 1.29 is 72.1 Å². The van der Waals surface area contributed by atoms with Crippen LogP contribution in [0.4, 0.5) is 0 Å². The fraction of sp³-hybridized carbons (Fsp3) is 0.629. The monoisotopic (exact) mass is 1270 g/mol. The Balaban J connectivity index is 1.19. The number of aliphatic imine (C=N–C) groups is 3. The average Bonchev–Trinajstić information content (AvgIpc) is 1.53. The van der Waals surface area contributed by atoms with Gasteiger partial charge < -0.3 is 68.8 Å². The molecule has 90 heavy (non-hydrogen) atoms. The number of phosphoric acid groups is 1. The van der Waals surface area contributed by atoms with E-state index in [2.05, 4.69) is 15.6 Å². The molecule has 1 aromatic heterocycles. The molecule has 16 N–H and O–H groups in total. The number of phosphoric ester groups is 1. The van der Waals surface area contributed by atoms with E-state index in [1.807, 2.05) is 66.7 Å². The van der Waals surface area contributed by atoms with Crippen LogP contribution in [0.3, 0.4) is 0 Å². The van der Waals surface area contributed by atoms with Gasteiger partial charge in [-0.3, -0.25) is 57.6 Å². The van der Waals surface area contributed by atoms with Gasteiger partial charge in [0.1, 0.15) is 18.3 Å². The number of nitrogens with two attached hydrogens (primary N) is 5. The highest BCUT2D eigenvalue weighted by molar-refractivity contribution is 7.47. The SMILES string of the molecule is CC1=C2N=C(C=C3N/C(=C(/C)C4=N[C@@](C)([C@@H]5N=C1[C@](C)(CCC(=O)NC[C@@H](C)OP(=O)(O)O[C@H]1[C@@H](O)[C@@H](n6cnc7cc(C)c(C)cc76)O[C@@H]1CO)[C@H]5CC(N)=O)[C@@](C)(CC(N)=O)[C@@H]4CCC(=O)O)[C@@](C)(CC(N)=O)[C@@H]3CCC(N)=O)C(C)(C)[C@@H]2CCC(N)=O. The highest BCUT2D eigenvalue weighted by Crippen LogP contribution is 2.63. The minimum absolute atomic E-state index is 0.0279. The Hall–Kier alpha value is -7.00. The summed E-state index contributed by atoms with van der Waals surface area (Å²) in [5.74, 6) is -7.91. The molecule has 1 unspecified atom stereocenters. The maximum absolute atomic E-state index is 14.4. The molecule has 0 radical (unpaired) electrons. The molecule has 8 rings (SSSR count). The van der Waals surface area contributed by atoms with Crippen molar-refractivity contribution in [1.29, 1.82) is 0 Å². The van der Waals surface area contributed by atoms with Crippen molar-refractivity contribution in [2.75, 3.05) is 13.2 Å². The van der Waals surface area contributed by atoms with Crippen molar-refractivity contribution in [3.05, 3.63) is 63.9 Å². The van der Waals surface area contributed by atoms with Crippen LogP contribution in [-0.4, -0.2) is 137 Å². The van der Waals surface area contributed by atoms with Crippen LogP contribution in [0.5, 0.6) is 0 Å². The van der Waals surface area contributed by atoms with E-state index < -0.39 is 143 Å². The lowest BCUT2D eigenvalue weighted by atomic mass is 9.55. The van der Waals surface area contributed by atoms with Crippen LogP contribution in [0, 0.1) is 59.2 Å². The smallest absolute Gasteiger partial charge is 0.472 e. The number of aliphatic hydroxyl groups is 2. The molecule has 6 aliphatic rings. The molecule has 492 valence electrons. The van der Waals surface area contributed by atoms with Crippen molar-refractivity contribution in [2.24, 2.45) is 89.0 Å². The number of carboxylic acid groups (broad SMARTS) is 1. The van der Waals surface area contributed by atoms with Gasteiger partial charge in [0.25, 0.3) is 0 Å². The number of nitrogens with one attached hydrogen (secondary N) is 2. The summed E-state index contributed by atoms with van der Waals surface area (Å²) in [5.41, 5.74) is 31.0. The van der Waals surface area contributed by atoms with Gasteiger partial charge in [0, 0.05) is 131 Å². The van der Waals surface area contributed by atoms with E-state index in [0.29, 0.717) is 56.4 Å². The Morgan fingerprint density at radius 3 is 2.04 bits per heavy atom. The Kier molecular flexibility index (Phi) is 19.6. The standard InChI is InChI=1S/C62H89N12O15P/c1-29-20-39-40(21-30(29)2)74(28-69-39)57-52(84)53(41(27-75)87-57)89-90(85,86)88-31(3)26-68-48(81)18-19-59(8)37(22-45(65)78)56-62(11)61(10,25-47(67)80)36(14-17-49(82)83)51(73-62)33(5)55-60(9,24-46(66)79)34(12-15-43(63)76)38(70-55)23-42-58(6,7)35(13-16-44(64)77)50(71-42)32(4)54(59)72-56/h20-21,23,28,31,34-37,41,52-53,56-57,70,75,84H,12-19,22,24-27H2,1-11H3,(H2,63,76)(H2,64,77)(H2,65,78)(H2,66,79)(H2,67,80)(H,68,81)(H,82,83)(H,85,86)/b38-23?,50-32?,55-33-/t31-,34-,35-,36-,37+,41-,52-,53-,56-,57+,59-,60+,61+,62+/m1/s1. The summed E-state index contributed by atoms with van der Waals surface area (Å²) < 4.78 is 32.2. The second kappa shape index (κ2) is 25.6. The third-order valence-corrected chi connectivity index (χ3v) is 21.7. The molecule has 7 heterocycles. The molecule has 0 aliphatic carbocycles. The first-order chi connectivity index (χ1) is 41.8. The number of amides is 6. The molecule has 0 spiro atoms. The summed E-state index contributed by atoms with van der Waals surface area (Å²) in [4.78, 5) is 125. The fourth-order valence-electron chi connectivity index (χ4n) is 15.4. The maximum atomic E-state index is 14.4. The van der Waals surface area contributed by atoms with Gasteiger partial charge in [0.2, 0.25) is 35.4 Å². The number of hydrogen-bond acceptors (Lipinski definition) is 18. The van der Waals surface area contributed by atoms with E-state index in [0.717, 1.165) is 11.1 Å². The molecule has 1 aromatic carbocycles. The quantitative estimate of drug-likeness (QED) is 0.0597. The maximum Gasteiger partial charge on any atom is 0.472 e. The summed E-state index contributed by atoms with van der Waals surface area (Å²) in [7, 11) is -5.07. The number of imidazole rings is 1. The van der Waals surface area contributed by atoms with Gasteiger partial charge in [-0.15, -0.1) is 0 Å². The number of ether oxygens (including phenoxy) is 1. The number of carbonyl (C=O) groups excluding carboxylic acids is 6. The predicted molar refractivity (Wildman–Crippen MR) is 332 cm³/mol. The molecule has 27 nitrogen and oxygen atoms in total. The van der Waals surface area contributed by atoms with Gasteiger partial charge in [-0.25, -0.2) is 9.55 Å². The van der Waals surface area contributed by atoms with Gasteiger partial charge in [-0.1, -0.05) is 34.6 Å². The highest BCUT2D eigenvalue weighted by Gasteiger charge is 2.66. The van der Waals surface area contributed by atoms with Crippen LogP contribution < -0.4 is 39.3 Å². The molecular weight excluding hydrogens is 1180 g/mol. The van der Waals surface area contributed by atoms with Crippen LogP contribution in [0.2, 0.25) is 0 Å². The first kappa shape index (κ1) is 68.9. The van der Waals surface area contributed by atoms with E-state index in [-0.39, 0.29) is 77.2 Å². The van der Waals surface area contributed by atoms with E-state index in [1.54, 1.807) is 25.3 Å². The Morgan fingerprint density at radius 1 is 0.822 bits per heavy atom. The van der Waals surface area contributed by atoms with Gasteiger partial charge in [-0.2, -0.15) is 0 Å². The lowest BCUT2D eigenvalue weighted by molar-refractivity contribution is -0.137. The number of carbonyl (C=O) groups is 7. The number of nitrogens with zero attached hydrogens (tertiary/aromatic N) is 5. The summed E-state index contributed by atoms with van der Waals surface area (Å²) in [6.07, 6.45) is -4.81. The average molecular weight is 1270 g/mol. The molecule has 2 aromatic rings. The molecular formula is C62H89N12O15P. The van der Waals surface area contributed by atoms with Crippen molar-refractivity contribution >= 4 is 77.4 Å². The zero-order valence-corrected chi connectivity index (χ0v) is 54.0. The molecule has 6 amide bonds. The van der Waals surface area contributed by atoms with E-state index in [1.165, 1.54) is 13.3 Å². The van der Waals surface area contributed by atoms with E-state index in [4.69, 9.17) is 57.4 Å². The number of hydrogen-bond donors (Lipinski definition) is 11. The lowest BCUT2D eigenvalue weighted by Gasteiger charge is -2.48. The van der Waals surface area contributed by atoms with Crippen LogP contribution in [0.25, 0.3) is 11.0 Å². The van der Waals surface area contributed by atoms with Crippen LogP contribution in [-0.2, 0) is 51.9 Å². The molecule has 15 atom stereocenters. The predicted octanol–water partition coefficient (Wildman–Crippen LogP) is 3.76. The van der Waals surface area contributed by atoms with Gasteiger partial charge in [0.15, 0.2) is 6.23 Å². The van der Waals surface area contributed by atoms with Gasteiger partial charge in [0.05, 0.1) is 41.7 Å². The molecule has 8 bridgehead atoms. The summed E-state index contributed by atoms with van der Waals surface area (Å²) in [6.45, 7) is 19.1. The number of aryl methyl sites for hydroxylation is 2. The first-order valence-corrected chi connectivity index (χ1v) is 32.0. The van der Waals surface area contributed by atoms with Gasteiger partial charge in [-0.05, 0) is 108 Å². The Bertz CT molecular complexity index is 3540. The third kappa shape index (κ3) is 13.0. The third-order valence-electron chi connectivity index (χ3n) is 20.6. The summed E-state index contributed by atoms with van der Waals surface area (Å²) >= 11 is 0. The number of carboxylic acids is 1. The van der Waals surface area contributed by atoms with Gasteiger partial charge >= 0.3 is 13.8 Å². The fourth-order valence-corrected chi connectivity index (χ4v) is 16.6. The molecule has 2 saturated heterocycles.